The normalized spacial score (nSPS) is 14.1. The number of nitrogens with one attached hydrogen (secondary N) is 1. The Morgan fingerprint density at radius 3 is 2.94 bits per heavy atom. The molecule has 82 valence electrons. The highest BCUT2D eigenvalue weighted by Gasteiger charge is 2.24. The van der Waals surface area contributed by atoms with Gasteiger partial charge < -0.3 is 10.2 Å². The van der Waals surface area contributed by atoms with E-state index in [1.165, 1.54) is 4.90 Å². The molecule has 0 atom stereocenters. The lowest BCUT2D eigenvalue weighted by molar-refractivity contribution is -0.115. The molecule has 0 saturated carbocycles. The standard InChI is InChI=1S/C11H8F2N2O/c1-2-3-15-6-10(16)14-11-8(13)4-7(12)5-9(11)15/h1,4-5H,3,6H2,(H,14,16). The van der Waals surface area contributed by atoms with Crippen molar-refractivity contribution in [3.05, 3.63) is 23.8 Å². The summed E-state index contributed by atoms with van der Waals surface area (Å²) >= 11 is 0. The van der Waals surface area contributed by atoms with Crippen LogP contribution in [-0.2, 0) is 4.79 Å². The largest absolute Gasteiger partial charge is 0.349 e. The number of carbonyl (C=O) groups excluding carboxylic acids is 1. The van der Waals surface area contributed by atoms with Crippen molar-refractivity contribution in [2.75, 3.05) is 23.3 Å². The predicted octanol–water partition coefficient (Wildman–Crippen LogP) is 1.36. The minimum absolute atomic E-state index is 0.0000926. The van der Waals surface area contributed by atoms with Gasteiger partial charge in [0.2, 0.25) is 5.91 Å². The number of fused-ring (bicyclic) bond motifs is 1. The number of carbonyl (C=O) groups is 1. The monoisotopic (exact) mass is 222 g/mol. The lowest BCUT2D eigenvalue weighted by Gasteiger charge is -2.29. The van der Waals surface area contributed by atoms with Crippen molar-refractivity contribution in [1.29, 1.82) is 0 Å². The third kappa shape index (κ3) is 1.70. The summed E-state index contributed by atoms with van der Waals surface area (Å²) in [7, 11) is 0. The third-order valence-corrected chi connectivity index (χ3v) is 2.26. The minimum Gasteiger partial charge on any atom is -0.349 e. The topological polar surface area (TPSA) is 32.3 Å². The average molecular weight is 222 g/mol. The molecule has 16 heavy (non-hydrogen) atoms. The SMILES string of the molecule is C#CCN1CC(=O)Nc2c(F)cc(F)cc21. The van der Waals surface area contributed by atoms with Gasteiger partial charge in [-0.3, -0.25) is 4.79 Å². The average Bonchev–Trinajstić information content (AvgIpc) is 2.20. The van der Waals surface area contributed by atoms with Crippen molar-refractivity contribution in [3.63, 3.8) is 0 Å². The summed E-state index contributed by atoms with van der Waals surface area (Å²) in [6.45, 7) is 0.128. The highest BCUT2D eigenvalue weighted by atomic mass is 19.1. The molecule has 0 aromatic heterocycles. The van der Waals surface area contributed by atoms with Crippen molar-refractivity contribution >= 4 is 17.3 Å². The summed E-state index contributed by atoms with van der Waals surface area (Å²) < 4.78 is 26.4. The first-order chi connectivity index (χ1) is 7.61. The van der Waals surface area contributed by atoms with Crippen LogP contribution in [0.1, 0.15) is 0 Å². The summed E-state index contributed by atoms with van der Waals surface area (Å²) in [6.07, 6.45) is 5.13. The Bertz CT molecular complexity index is 493. The lowest BCUT2D eigenvalue weighted by atomic mass is 10.2. The molecule has 5 heteroatoms. The molecule has 1 aromatic carbocycles. The van der Waals surface area contributed by atoms with E-state index in [1.807, 2.05) is 0 Å². The molecule has 0 unspecified atom stereocenters. The second-order valence-corrected chi connectivity index (χ2v) is 3.39. The van der Waals surface area contributed by atoms with Crippen molar-refractivity contribution in [2.45, 2.75) is 0 Å². The highest BCUT2D eigenvalue weighted by molar-refractivity contribution is 6.01. The number of halogens is 2. The minimum atomic E-state index is -0.801. The molecule has 1 amide bonds. The number of hydrogen-bond acceptors (Lipinski definition) is 2. The molecule has 1 aliphatic rings. The van der Waals surface area contributed by atoms with E-state index >= 15 is 0 Å². The second-order valence-electron chi connectivity index (χ2n) is 3.39. The summed E-state index contributed by atoms with van der Waals surface area (Å²) in [5.74, 6) is 0.471. The molecule has 1 heterocycles. The van der Waals surface area contributed by atoms with Gasteiger partial charge in [-0.05, 0) is 6.07 Å². The summed E-state index contributed by atoms with van der Waals surface area (Å²) in [5, 5.41) is 2.35. The number of anilines is 2. The zero-order valence-corrected chi connectivity index (χ0v) is 8.26. The highest BCUT2D eigenvalue weighted by Crippen LogP contribution is 2.32. The van der Waals surface area contributed by atoms with Crippen LogP contribution in [0.15, 0.2) is 12.1 Å². The zero-order valence-electron chi connectivity index (χ0n) is 8.26. The molecule has 0 radical (unpaired) electrons. The van der Waals surface area contributed by atoms with Crippen molar-refractivity contribution in [1.82, 2.24) is 0 Å². The molecule has 3 nitrogen and oxygen atoms in total. The summed E-state index contributed by atoms with van der Waals surface area (Å²) in [5.41, 5.74) is 0.253. The number of terminal acetylenes is 1. The Kier molecular flexibility index (Phi) is 2.49. The van der Waals surface area contributed by atoms with Crippen LogP contribution >= 0.6 is 0 Å². The Balaban J connectivity index is 2.52. The molecule has 0 saturated heterocycles. The van der Waals surface area contributed by atoms with E-state index in [-0.39, 0.29) is 30.4 Å². The van der Waals surface area contributed by atoms with Crippen LogP contribution in [0.3, 0.4) is 0 Å². The van der Waals surface area contributed by atoms with E-state index in [9.17, 15) is 13.6 Å². The molecule has 1 aromatic rings. The van der Waals surface area contributed by atoms with Crippen molar-refractivity contribution in [2.24, 2.45) is 0 Å². The maximum atomic E-state index is 13.4. The van der Waals surface area contributed by atoms with Gasteiger partial charge in [0.1, 0.15) is 11.5 Å². The van der Waals surface area contributed by atoms with E-state index in [2.05, 4.69) is 11.2 Å². The smallest absolute Gasteiger partial charge is 0.244 e. The molecular weight excluding hydrogens is 214 g/mol. The molecule has 0 spiro atoms. The second kappa shape index (κ2) is 3.81. The van der Waals surface area contributed by atoms with Gasteiger partial charge in [-0.2, -0.15) is 0 Å². The van der Waals surface area contributed by atoms with Crippen LogP contribution < -0.4 is 10.2 Å². The molecular formula is C11H8F2N2O. The molecule has 0 aliphatic carbocycles. The molecule has 0 fully saturated rings. The first kappa shape index (κ1) is 10.4. The van der Waals surface area contributed by atoms with Gasteiger partial charge in [-0.15, -0.1) is 6.42 Å². The van der Waals surface area contributed by atoms with Crippen LogP contribution in [0.5, 0.6) is 0 Å². The van der Waals surface area contributed by atoms with Gasteiger partial charge in [0.05, 0.1) is 18.8 Å². The van der Waals surface area contributed by atoms with Gasteiger partial charge in [0, 0.05) is 6.07 Å². The van der Waals surface area contributed by atoms with Gasteiger partial charge in [0.15, 0.2) is 5.82 Å². The van der Waals surface area contributed by atoms with Crippen LogP contribution in [0.2, 0.25) is 0 Å². The van der Waals surface area contributed by atoms with Gasteiger partial charge in [0.25, 0.3) is 0 Å². The Morgan fingerprint density at radius 1 is 1.50 bits per heavy atom. The van der Waals surface area contributed by atoms with E-state index < -0.39 is 11.6 Å². The van der Waals surface area contributed by atoms with Crippen LogP contribution in [0.25, 0.3) is 0 Å². The van der Waals surface area contributed by atoms with E-state index in [0.717, 1.165) is 12.1 Å². The maximum Gasteiger partial charge on any atom is 0.244 e. The Hall–Kier alpha value is -2.09. The zero-order chi connectivity index (χ0) is 11.7. The number of benzene rings is 1. The first-order valence-electron chi connectivity index (χ1n) is 4.59. The van der Waals surface area contributed by atoms with Crippen molar-refractivity contribution in [3.8, 4) is 12.3 Å². The molecule has 2 rings (SSSR count). The fourth-order valence-corrected chi connectivity index (χ4v) is 1.62. The summed E-state index contributed by atoms with van der Waals surface area (Å²) in [6, 6.07) is 1.87. The fraction of sp³-hybridized carbons (Fsp3) is 0.182. The number of nitrogens with zero attached hydrogens (tertiary/aromatic N) is 1. The van der Waals surface area contributed by atoms with E-state index in [1.54, 1.807) is 0 Å². The predicted molar refractivity (Wildman–Crippen MR) is 56.0 cm³/mol. The number of amides is 1. The lowest BCUT2D eigenvalue weighted by Crippen LogP contribution is -2.38. The van der Waals surface area contributed by atoms with E-state index in [0.29, 0.717) is 0 Å². The Labute approximate surface area is 91.1 Å². The summed E-state index contributed by atoms with van der Waals surface area (Å²) in [4.78, 5) is 12.7. The van der Waals surface area contributed by atoms with Gasteiger partial charge >= 0.3 is 0 Å². The number of rotatable bonds is 1. The van der Waals surface area contributed by atoms with Crippen LogP contribution in [0, 0.1) is 24.0 Å². The maximum absolute atomic E-state index is 13.4. The van der Waals surface area contributed by atoms with Gasteiger partial charge in [-0.25, -0.2) is 8.78 Å². The van der Waals surface area contributed by atoms with Crippen molar-refractivity contribution < 1.29 is 13.6 Å². The van der Waals surface area contributed by atoms with Crippen LogP contribution in [0.4, 0.5) is 20.2 Å². The molecule has 1 aliphatic heterocycles. The van der Waals surface area contributed by atoms with Gasteiger partial charge in [-0.1, -0.05) is 5.92 Å². The number of hydrogen-bond donors (Lipinski definition) is 1. The fourth-order valence-electron chi connectivity index (χ4n) is 1.62. The Morgan fingerprint density at radius 2 is 2.25 bits per heavy atom. The first-order valence-corrected chi connectivity index (χ1v) is 4.59. The van der Waals surface area contributed by atoms with Crippen LogP contribution in [-0.4, -0.2) is 19.0 Å². The molecule has 1 N–H and O–H groups in total. The third-order valence-electron chi connectivity index (χ3n) is 2.26. The molecule has 0 bridgehead atoms. The quantitative estimate of drug-likeness (QED) is 0.727. The van der Waals surface area contributed by atoms with E-state index in [4.69, 9.17) is 6.42 Å².